The average molecular weight is 157 g/mol. The minimum absolute atomic E-state index is 0.978. The van der Waals surface area contributed by atoms with Crippen molar-refractivity contribution in [3.8, 4) is 0 Å². The molecule has 0 spiro atoms. The maximum atomic E-state index is 4.31. The lowest BCUT2D eigenvalue weighted by Crippen LogP contribution is -2.26. The summed E-state index contributed by atoms with van der Waals surface area (Å²) in [6.07, 6.45) is 2.15. The molecule has 0 aromatic rings. The first-order chi connectivity index (χ1) is 4.93. The van der Waals surface area contributed by atoms with E-state index < -0.39 is 0 Å². The molecule has 0 amide bonds. The van der Waals surface area contributed by atoms with E-state index in [0.29, 0.717) is 0 Å². The standard InChI is InChI=1S/C7H13N2S/c1-2-6-10-7-8-4-3-5-9-7/h1-6H2,(H,8,9). The van der Waals surface area contributed by atoms with Crippen LogP contribution in [0, 0.1) is 6.92 Å². The number of aliphatic imine (C=N–C) groups is 1. The summed E-state index contributed by atoms with van der Waals surface area (Å²) >= 11 is 1.77. The average Bonchev–Trinajstić information content (AvgIpc) is 2.03. The third-order valence-electron chi connectivity index (χ3n) is 1.25. The van der Waals surface area contributed by atoms with Crippen LogP contribution >= 0.6 is 11.8 Å². The molecule has 3 heteroatoms. The number of amidine groups is 1. The Morgan fingerprint density at radius 2 is 2.60 bits per heavy atom. The SMILES string of the molecule is [CH2]CCSC1=NCCCN1. The van der Waals surface area contributed by atoms with Crippen molar-refractivity contribution < 1.29 is 0 Å². The molecule has 1 N–H and O–H groups in total. The molecule has 0 saturated heterocycles. The van der Waals surface area contributed by atoms with Crippen LogP contribution in [-0.2, 0) is 0 Å². The molecule has 1 aliphatic heterocycles. The molecule has 0 aliphatic carbocycles. The zero-order valence-corrected chi connectivity index (χ0v) is 6.91. The fourth-order valence-electron chi connectivity index (χ4n) is 0.776. The van der Waals surface area contributed by atoms with Crippen molar-refractivity contribution in [1.82, 2.24) is 5.32 Å². The number of nitrogens with one attached hydrogen (secondary N) is 1. The maximum absolute atomic E-state index is 4.31. The molecule has 2 nitrogen and oxygen atoms in total. The molecule has 1 heterocycles. The van der Waals surface area contributed by atoms with Gasteiger partial charge in [-0.2, -0.15) is 0 Å². The van der Waals surface area contributed by atoms with E-state index in [1.165, 1.54) is 6.42 Å². The molecule has 1 radical (unpaired) electrons. The van der Waals surface area contributed by atoms with Gasteiger partial charge in [0.1, 0.15) is 0 Å². The van der Waals surface area contributed by atoms with Crippen LogP contribution in [0.1, 0.15) is 12.8 Å². The van der Waals surface area contributed by atoms with Gasteiger partial charge in [0.2, 0.25) is 0 Å². The van der Waals surface area contributed by atoms with E-state index in [1.807, 2.05) is 0 Å². The number of hydrogen-bond acceptors (Lipinski definition) is 3. The highest BCUT2D eigenvalue weighted by atomic mass is 32.2. The number of hydrogen-bond donors (Lipinski definition) is 1. The van der Waals surface area contributed by atoms with Crippen LogP contribution in [0.4, 0.5) is 0 Å². The first kappa shape index (κ1) is 7.92. The van der Waals surface area contributed by atoms with Gasteiger partial charge >= 0.3 is 0 Å². The number of rotatable bonds is 2. The van der Waals surface area contributed by atoms with E-state index in [9.17, 15) is 0 Å². The Morgan fingerprint density at radius 1 is 1.70 bits per heavy atom. The highest BCUT2D eigenvalue weighted by Crippen LogP contribution is 2.06. The first-order valence-corrected chi connectivity index (χ1v) is 4.62. The Morgan fingerprint density at radius 3 is 3.20 bits per heavy atom. The lowest BCUT2D eigenvalue weighted by Gasteiger charge is -2.12. The van der Waals surface area contributed by atoms with Crippen molar-refractivity contribution in [3.63, 3.8) is 0 Å². The molecule has 0 saturated carbocycles. The third-order valence-corrected chi connectivity index (χ3v) is 2.29. The first-order valence-electron chi connectivity index (χ1n) is 3.64. The second kappa shape index (κ2) is 4.61. The van der Waals surface area contributed by atoms with Gasteiger partial charge in [-0.3, -0.25) is 4.99 Å². The monoisotopic (exact) mass is 157 g/mol. The van der Waals surface area contributed by atoms with Gasteiger partial charge in [0.25, 0.3) is 0 Å². The molecule has 0 bridgehead atoms. The molecule has 1 aliphatic rings. The molecule has 0 fully saturated rings. The smallest absolute Gasteiger partial charge is 0.156 e. The van der Waals surface area contributed by atoms with Crippen molar-refractivity contribution >= 4 is 16.9 Å². The van der Waals surface area contributed by atoms with Crippen LogP contribution in [-0.4, -0.2) is 24.0 Å². The molecule has 0 aromatic carbocycles. The Hall–Kier alpha value is -0.180. The van der Waals surface area contributed by atoms with Crippen LogP contribution in [0.15, 0.2) is 4.99 Å². The summed E-state index contributed by atoms with van der Waals surface area (Å²) in [5.74, 6) is 1.08. The van der Waals surface area contributed by atoms with E-state index >= 15 is 0 Å². The van der Waals surface area contributed by atoms with Gasteiger partial charge in [-0.05, 0) is 12.8 Å². The number of nitrogens with zero attached hydrogens (tertiary/aromatic N) is 1. The highest BCUT2D eigenvalue weighted by Gasteiger charge is 2.01. The van der Waals surface area contributed by atoms with Gasteiger partial charge in [0, 0.05) is 18.8 Å². The summed E-state index contributed by atoms with van der Waals surface area (Å²) in [6.45, 7) is 5.85. The van der Waals surface area contributed by atoms with Crippen molar-refractivity contribution in [2.45, 2.75) is 12.8 Å². The summed E-state index contributed by atoms with van der Waals surface area (Å²) < 4.78 is 0. The van der Waals surface area contributed by atoms with Crippen molar-refractivity contribution in [1.29, 1.82) is 0 Å². The highest BCUT2D eigenvalue weighted by molar-refractivity contribution is 8.13. The summed E-state index contributed by atoms with van der Waals surface area (Å²) in [4.78, 5) is 4.31. The number of thioether (sulfide) groups is 1. The van der Waals surface area contributed by atoms with Crippen LogP contribution < -0.4 is 5.32 Å². The van der Waals surface area contributed by atoms with Gasteiger partial charge in [0.15, 0.2) is 5.17 Å². The maximum Gasteiger partial charge on any atom is 0.156 e. The Bertz CT molecular complexity index is 123. The minimum Gasteiger partial charge on any atom is -0.365 e. The molecule has 57 valence electrons. The van der Waals surface area contributed by atoms with E-state index in [0.717, 1.165) is 30.4 Å². The van der Waals surface area contributed by atoms with Gasteiger partial charge < -0.3 is 5.32 Å². The Balaban J connectivity index is 2.18. The van der Waals surface area contributed by atoms with Crippen molar-refractivity contribution in [2.24, 2.45) is 4.99 Å². The Kier molecular flexibility index (Phi) is 3.65. The summed E-state index contributed by atoms with van der Waals surface area (Å²) in [5, 5.41) is 4.35. The molecule has 0 unspecified atom stereocenters. The predicted molar refractivity (Wildman–Crippen MR) is 47.4 cm³/mol. The predicted octanol–water partition coefficient (Wildman–Crippen LogP) is 1.29. The van der Waals surface area contributed by atoms with Crippen LogP contribution in [0.25, 0.3) is 0 Å². The third kappa shape index (κ3) is 2.60. The zero-order valence-electron chi connectivity index (χ0n) is 6.10. The van der Waals surface area contributed by atoms with E-state index in [-0.39, 0.29) is 0 Å². The van der Waals surface area contributed by atoms with Gasteiger partial charge in [0.05, 0.1) is 0 Å². The van der Waals surface area contributed by atoms with Crippen molar-refractivity contribution in [3.05, 3.63) is 6.92 Å². The lowest BCUT2D eigenvalue weighted by molar-refractivity contribution is 0.751. The second-order valence-electron chi connectivity index (χ2n) is 2.17. The molecule has 1 rings (SSSR count). The molecule has 0 atom stereocenters. The lowest BCUT2D eigenvalue weighted by atomic mass is 10.4. The summed E-state index contributed by atoms with van der Waals surface area (Å²) in [5.41, 5.74) is 0. The van der Waals surface area contributed by atoms with Gasteiger partial charge in [-0.25, -0.2) is 0 Å². The summed E-state index contributed by atoms with van der Waals surface area (Å²) in [6, 6.07) is 0. The van der Waals surface area contributed by atoms with Gasteiger partial charge in [-0.15, -0.1) is 0 Å². The second-order valence-corrected chi connectivity index (χ2v) is 3.25. The summed E-state index contributed by atoms with van der Waals surface area (Å²) in [7, 11) is 0. The van der Waals surface area contributed by atoms with Crippen LogP contribution in [0.5, 0.6) is 0 Å². The molecular formula is C7H13N2S. The fourth-order valence-corrected chi connectivity index (χ4v) is 1.50. The normalized spacial score (nSPS) is 17.9. The van der Waals surface area contributed by atoms with E-state index in [2.05, 4.69) is 17.2 Å². The van der Waals surface area contributed by atoms with E-state index in [1.54, 1.807) is 11.8 Å². The Labute approximate surface area is 66.5 Å². The van der Waals surface area contributed by atoms with Crippen LogP contribution in [0.2, 0.25) is 0 Å². The fraction of sp³-hybridized carbons (Fsp3) is 0.714. The van der Waals surface area contributed by atoms with Gasteiger partial charge in [-0.1, -0.05) is 18.7 Å². The molecular weight excluding hydrogens is 144 g/mol. The largest absolute Gasteiger partial charge is 0.365 e. The van der Waals surface area contributed by atoms with Crippen LogP contribution in [0.3, 0.4) is 0 Å². The van der Waals surface area contributed by atoms with E-state index in [4.69, 9.17) is 0 Å². The topological polar surface area (TPSA) is 24.4 Å². The minimum atomic E-state index is 0.978. The quantitative estimate of drug-likeness (QED) is 0.653. The molecule has 10 heavy (non-hydrogen) atoms. The molecule has 0 aromatic heterocycles. The van der Waals surface area contributed by atoms with Crippen molar-refractivity contribution in [2.75, 3.05) is 18.8 Å². The zero-order chi connectivity index (χ0) is 7.23.